The maximum absolute atomic E-state index is 12.5. The summed E-state index contributed by atoms with van der Waals surface area (Å²) in [5.74, 6) is -0.584. The van der Waals surface area contributed by atoms with E-state index in [4.69, 9.17) is 9.68 Å². The summed E-state index contributed by atoms with van der Waals surface area (Å²) in [6, 6.07) is 6.89. The van der Waals surface area contributed by atoms with Crippen molar-refractivity contribution < 1.29 is 22.4 Å². The Morgan fingerprint density at radius 3 is 2.79 bits per heavy atom. The fraction of sp³-hybridized carbons (Fsp3) is 0.250. The molecular weight excluding hydrogens is 438 g/mol. The van der Waals surface area contributed by atoms with E-state index in [1.807, 2.05) is 6.07 Å². The van der Waals surface area contributed by atoms with E-state index < -0.39 is 31.5 Å². The molecule has 1 aromatic carbocycles. The first-order chi connectivity index (χ1) is 13.7. The van der Waals surface area contributed by atoms with E-state index in [-0.39, 0.29) is 23.2 Å². The smallest absolute Gasteiger partial charge is 0.286 e. The van der Waals surface area contributed by atoms with Gasteiger partial charge in [-0.3, -0.25) is 14.9 Å². The maximum atomic E-state index is 12.5. The third-order valence-corrected chi connectivity index (χ3v) is 7.52. The molecule has 1 fully saturated rings. The first kappa shape index (κ1) is 19.5. The number of imide groups is 1. The lowest BCUT2D eigenvalue weighted by Gasteiger charge is -2.07. The molecule has 0 aliphatic carbocycles. The molecule has 3 heterocycles. The second-order valence-corrected chi connectivity index (χ2v) is 10.5. The number of nitrogens with one attached hydrogen (secondary N) is 1. The first-order valence-electron chi connectivity index (χ1n) is 8.08. The van der Waals surface area contributed by atoms with Crippen molar-refractivity contribution in [2.75, 3.05) is 6.26 Å². The average Bonchev–Trinajstić information content (AvgIpc) is 3.33. The highest BCUT2D eigenvalue weighted by atomic mass is 32.2. The number of benzene rings is 1. The van der Waals surface area contributed by atoms with E-state index in [1.165, 1.54) is 0 Å². The lowest BCUT2D eigenvalue weighted by molar-refractivity contribution is -0.119. The molecule has 29 heavy (non-hydrogen) atoms. The van der Waals surface area contributed by atoms with Crippen LogP contribution in [0.1, 0.15) is 27.6 Å². The van der Waals surface area contributed by atoms with Gasteiger partial charge in [0.2, 0.25) is 17.7 Å². The van der Waals surface area contributed by atoms with Crippen molar-refractivity contribution in [3.63, 3.8) is 0 Å². The fourth-order valence-electron chi connectivity index (χ4n) is 2.74. The lowest BCUT2D eigenvalue weighted by atomic mass is 10.2. The summed E-state index contributed by atoms with van der Waals surface area (Å²) < 4.78 is 31.1. The molecule has 10 nitrogen and oxygen atoms in total. The molecule has 2 unspecified atom stereocenters. The SMILES string of the molecule is CS(=O)(=O)C(c1nnc(CC2SC(=O)NC2=O)o1)c1nc2ccc(C#N)cc2s1. The number of carbonyl (C=O) groups excluding carboxylic acids is 2. The first-order valence-corrected chi connectivity index (χ1v) is 11.7. The highest BCUT2D eigenvalue weighted by Gasteiger charge is 2.36. The lowest BCUT2D eigenvalue weighted by Crippen LogP contribution is -2.25. The van der Waals surface area contributed by atoms with Crippen molar-refractivity contribution in [3.05, 3.63) is 40.6 Å². The minimum absolute atomic E-state index is 0.00288. The van der Waals surface area contributed by atoms with Gasteiger partial charge in [-0.2, -0.15) is 5.26 Å². The maximum Gasteiger partial charge on any atom is 0.286 e. The number of sulfone groups is 1. The highest BCUT2D eigenvalue weighted by Crippen LogP contribution is 2.35. The number of amides is 2. The molecule has 13 heteroatoms. The normalized spacial score (nSPS) is 18.0. The van der Waals surface area contributed by atoms with Crippen LogP contribution in [0.15, 0.2) is 22.6 Å². The number of rotatable bonds is 5. The van der Waals surface area contributed by atoms with E-state index in [0.717, 1.165) is 29.4 Å². The topological polar surface area (TPSA) is 156 Å². The number of fused-ring (bicyclic) bond motifs is 1. The number of carbonyl (C=O) groups is 2. The second kappa shape index (κ2) is 7.21. The zero-order valence-electron chi connectivity index (χ0n) is 14.6. The van der Waals surface area contributed by atoms with Crippen LogP contribution in [0.5, 0.6) is 0 Å². The van der Waals surface area contributed by atoms with Crippen LogP contribution in [0.25, 0.3) is 10.2 Å². The monoisotopic (exact) mass is 449 g/mol. The summed E-state index contributed by atoms with van der Waals surface area (Å²) in [4.78, 5) is 27.3. The van der Waals surface area contributed by atoms with Crippen molar-refractivity contribution >= 4 is 54.3 Å². The number of hydrogen-bond acceptors (Lipinski definition) is 11. The summed E-state index contributed by atoms with van der Waals surface area (Å²) >= 11 is 1.93. The molecule has 0 spiro atoms. The number of thioether (sulfide) groups is 1. The van der Waals surface area contributed by atoms with Crippen LogP contribution in [0, 0.1) is 11.3 Å². The highest BCUT2D eigenvalue weighted by molar-refractivity contribution is 8.15. The van der Waals surface area contributed by atoms with Gasteiger partial charge in [0.25, 0.3) is 5.24 Å². The molecule has 0 saturated carbocycles. The van der Waals surface area contributed by atoms with Gasteiger partial charge in [-0.1, -0.05) is 11.8 Å². The number of hydrogen-bond donors (Lipinski definition) is 1. The van der Waals surface area contributed by atoms with Gasteiger partial charge < -0.3 is 4.42 Å². The molecule has 148 valence electrons. The molecule has 3 aromatic rings. The molecule has 0 bridgehead atoms. The molecule has 4 rings (SSSR count). The largest absolute Gasteiger partial charge is 0.423 e. The predicted molar refractivity (Wildman–Crippen MR) is 104 cm³/mol. The predicted octanol–water partition coefficient (Wildman–Crippen LogP) is 1.58. The fourth-order valence-corrected chi connectivity index (χ4v) is 6.08. The molecule has 0 radical (unpaired) electrons. The van der Waals surface area contributed by atoms with Gasteiger partial charge in [0, 0.05) is 12.7 Å². The Balaban J connectivity index is 1.68. The van der Waals surface area contributed by atoms with E-state index in [2.05, 4.69) is 20.5 Å². The Labute approximate surface area is 172 Å². The van der Waals surface area contributed by atoms with Gasteiger partial charge in [0.15, 0.2) is 15.1 Å². The van der Waals surface area contributed by atoms with Crippen LogP contribution in [0.4, 0.5) is 4.79 Å². The van der Waals surface area contributed by atoms with E-state index in [9.17, 15) is 18.0 Å². The summed E-state index contributed by atoms with van der Waals surface area (Å²) in [6.45, 7) is 0. The number of nitrogens with zero attached hydrogens (tertiary/aromatic N) is 4. The number of aromatic nitrogens is 3. The van der Waals surface area contributed by atoms with Crippen LogP contribution >= 0.6 is 23.1 Å². The minimum atomic E-state index is -3.72. The van der Waals surface area contributed by atoms with Crippen molar-refractivity contribution in [1.82, 2.24) is 20.5 Å². The molecule has 1 aliphatic rings. The Morgan fingerprint density at radius 1 is 1.34 bits per heavy atom. The van der Waals surface area contributed by atoms with Gasteiger partial charge >= 0.3 is 0 Å². The Kier molecular flexibility index (Phi) is 4.85. The average molecular weight is 449 g/mol. The third kappa shape index (κ3) is 3.86. The summed E-state index contributed by atoms with van der Waals surface area (Å²) in [7, 11) is -3.72. The Bertz CT molecular complexity index is 1290. The van der Waals surface area contributed by atoms with Crippen LogP contribution in [0.3, 0.4) is 0 Å². The molecule has 1 aliphatic heterocycles. The van der Waals surface area contributed by atoms with Gasteiger partial charge in [-0.25, -0.2) is 13.4 Å². The van der Waals surface area contributed by atoms with Gasteiger partial charge in [-0.15, -0.1) is 21.5 Å². The molecule has 2 aromatic heterocycles. The zero-order chi connectivity index (χ0) is 20.8. The zero-order valence-corrected chi connectivity index (χ0v) is 17.1. The molecule has 2 amide bonds. The molecular formula is C16H11N5O5S3. The quantitative estimate of drug-likeness (QED) is 0.606. The third-order valence-electron chi connectivity index (χ3n) is 4.02. The van der Waals surface area contributed by atoms with Crippen molar-refractivity contribution in [3.8, 4) is 6.07 Å². The van der Waals surface area contributed by atoms with E-state index in [0.29, 0.717) is 15.8 Å². The molecule has 2 atom stereocenters. The van der Waals surface area contributed by atoms with Crippen LogP contribution in [-0.4, -0.2) is 46.3 Å². The Hall–Kier alpha value is -2.82. The number of thiazole rings is 1. The van der Waals surface area contributed by atoms with E-state index in [1.54, 1.807) is 18.2 Å². The van der Waals surface area contributed by atoms with Gasteiger partial charge in [0.05, 0.1) is 21.8 Å². The number of nitriles is 1. The second-order valence-electron chi connectivity index (χ2n) is 6.18. The van der Waals surface area contributed by atoms with Crippen LogP contribution < -0.4 is 5.32 Å². The van der Waals surface area contributed by atoms with Crippen LogP contribution in [-0.2, 0) is 21.1 Å². The summed E-state index contributed by atoms with van der Waals surface area (Å²) in [6.07, 6.45) is 1.03. The molecule has 1 N–H and O–H groups in total. The Morgan fingerprint density at radius 2 is 2.14 bits per heavy atom. The minimum Gasteiger partial charge on any atom is -0.423 e. The standard InChI is InChI=1S/C16H11N5O5S3/c1-29(24,25)12(15-18-8-3-2-7(6-17)4-9(8)27-15)14-21-20-11(26-14)5-10-13(22)19-16(23)28-10/h2-4,10,12H,5H2,1H3,(H,19,22,23). The van der Waals surface area contributed by atoms with Crippen molar-refractivity contribution in [2.45, 2.75) is 16.9 Å². The summed E-state index contributed by atoms with van der Waals surface area (Å²) in [5.41, 5.74) is 0.987. The van der Waals surface area contributed by atoms with E-state index >= 15 is 0 Å². The van der Waals surface area contributed by atoms with Crippen molar-refractivity contribution in [1.29, 1.82) is 5.26 Å². The van der Waals surface area contributed by atoms with Gasteiger partial charge in [0.1, 0.15) is 10.3 Å². The van der Waals surface area contributed by atoms with Crippen LogP contribution in [0.2, 0.25) is 0 Å². The van der Waals surface area contributed by atoms with Crippen molar-refractivity contribution in [2.24, 2.45) is 0 Å². The molecule has 1 saturated heterocycles. The summed E-state index contributed by atoms with van der Waals surface area (Å²) in [5, 5.41) is 16.6. The van der Waals surface area contributed by atoms with Gasteiger partial charge in [-0.05, 0) is 18.2 Å².